The summed E-state index contributed by atoms with van der Waals surface area (Å²) in [5.74, 6) is 0. The van der Waals surface area contributed by atoms with Crippen LogP contribution in [-0.2, 0) is 10.1 Å². The number of hydrogen-bond donors (Lipinski definition) is 0. The Bertz CT molecular complexity index is 309. The minimum atomic E-state index is -4.25. The van der Waals surface area contributed by atoms with Crippen LogP contribution in [0, 0.1) is 0 Å². The maximum atomic E-state index is 10.3. The Morgan fingerprint density at radius 2 is 1.58 bits per heavy atom. The monoisotopic (exact) mass is 237 g/mol. The quantitative estimate of drug-likeness (QED) is 0.503. The van der Waals surface area contributed by atoms with Crippen molar-refractivity contribution in [2.75, 3.05) is 0 Å². The van der Waals surface area contributed by atoms with Crippen molar-refractivity contribution < 1.29 is 13.0 Å². The molecule has 12 heavy (non-hydrogen) atoms. The van der Waals surface area contributed by atoms with Gasteiger partial charge in [-0.25, -0.2) is 8.42 Å². The van der Waals surface area contributed by atoms with Crippen molar-refractivity contribution in [2.24, 2.45) is 0 Å². The Hall–Kier alpha value is 1.65. The molecule has 0 aliphatic heterocycles. The van der Waals surface area contributed by atoms with Gasteiger partial charge in [0, 0.05) is 0 Å². The average Bonchev–Trinajstić information content (AvgIpc) is 2.08. The van der Waals surface area contributed by atoms with E-state index in [2.05, 4.69) is 0 Å². The molecule has 1 radical (unpaired) electrons. The first-order chi connectivity index (χ1) is 5.61. The van der Waals surface area contributed by atoms with E-state index in [1.807, 2.05) is 0 Å². The third kappa shape index (κ3) is 5.39. The van der Waals surface area contributed by atoms with E-state index in [1.54, 1.807) is 6.07 Å². The summed E-state index contributed by atoms with van der Waals surface area (Å²) in [4.78, 5) is -0.185. The molecule has 0 unspecified atom stereocenters. The molecule has 0 saturated heterocycles. The predicted molar refractivity (Wildman–Crippen MR) is 45.9 cm³/mol. The maximum absolute atomic E-state index is 10.3. The summed E-state index contributed by atoms with van der Waals surface area (Å²) in [6.45, 7) is 0. The zero-order chi connectivity index (χ0) is 9.61. The zero-order valence-electron chi connectivity index (χ0n) is 6.43. The standard InChI is InChI=1S/C6H6O3S.2Ca/c7-10(8,9)6-4-2-1-3-5-6;;/h1-5H,(H,7,8,9);;/q;;+1/p-1. The zero-order valence-corrected chi connectivity index (χ0v) is 11.7. The minimum absolute atomic E-state index is 0.185. The molecule has 57 valence electrons. The van der Waals surface area contributed by atoms with Crippen molar-refractivity contribution in [3.05, 3.63) is 30.3 Å². The van der Waals surface area contributed by atoms with Gasteiger partial charge in [-0.05, 0) is 12.1 Å². The molecule has 1 aromatic carbocycles. The van der Waals surface area contributed by atoms with Crippen molar-refractivity contribution in [1.29, 1.82) is 0 Å². The second kappa shape index (κ2) is 7.01. The molecule has 0 aliphatic carbocycles. The van der Waals surface area contributed by atoms with Crippen LogP contribution in [0.4, 0.5) is 0 Å². The third-order valence-corrected chi connectivity index (χ3v) is 1.88. The molecule has 3 nitrogen and oxygen atoms in total. The number of rotatable bonds is 1. The SMILES string of the molecule is O=S(=O)([O-])c1ccccc1.[Ca][Ca+]. The van der Waals surface area contributed by atoms with Gasteiger partial charge in [0.05, 0.1) is 4.90 Å². The van der Waals surface area contributed by atoms with Crippen LogP contribution in [0.25, 0.3) is 0 Å². The normalized spacial score (nSPS) is 9.83. The van der Waals surface area contributed by atoms with Gasteiger partial charge < -0.3 is 4.55 Å². The molecule has 0 N–H and O–H groups in total. The predicted octanol–water partition coefficient (Wildman–Crippen LogP) is -0.171. The van der Waals surface area contributed by atoms with Gasteiger partial charge in [0.15, 0.2) is 0 Å². The van der Waals surface area contributed by atoms with Crippen LogP contribution in [-0.4, -0.2) is 64.9 Å². The van der Waals surface area contributed by atoms with Gasteiger partial charge in [-0.2, -0.15) is 0 Å². The van der Waals surface area contributed by atoms with Gasteiger partial charge in [0.1, 0.15) is 10.1 Å². The molecule has 0 aliphatic rings. The van der Waals surface area contributed by atoms with Gasteiger partial charge in [-0.1, -0.05) is 18.2 Å². The summed E-state index contributed by atoms with van der Waals surface area (Å²) in [6.07, 6.45) is 0. The molecule has 0 atom stereocenters. The average molecular weight is 237 g/mol. The van der Waals surface area contributed by atoms with Gasteiger partial charge >= 0.3 is 51.9 Å². The molecular formula is C6H5Ca2O3S. The van der Waals surface area contributed by atoms with E-state index in [4.69, 9.17) is 0 Å². The summed E-state index contributed by atoms with van der Waals surface area (Å²) >= 11 is 3.00. The first-order valence-corrected chi connectivity index (χ1v) is 12.5. The van der Waals surface area contributed by atoms with Crippen LogP contribution in [0.15, 0.2) is 35.2 Å². The van der Waals surface area contributed by atoms with Gasteiger partial charge in [0.2, 0.25) is 0 Å². The summed E-state index contributed by atoms with van der Waals surface area (Å²) in [6, 6.07) is 7.19. The van der Waals surface area contributed by atoms with Crippen molar-refractivity contribution in [3.63, 3.8) is 0 Å². The molecule has 0 heterocycles. The topological polar surface area (TPSA) is 57.2 Å². The molecule has 1 rings (SSSR count). The van der Waals surface area contributed by atoms with E-state index < -0.39 is 10.1 Å². The fourth-order valence-corrected chi connectivity index (χ4v) is 1.08. The van der Waals surface area contributed by atoms with E-state index >= 15 is 0 Å². The summed E-state index contributed by atoms with van der Waals surface area (Å²) in [5, 5.41) is 0. The van der Waals surface area contributed by atoms with Gasteiger partial charge in [-0.15, -0.1) is 0 Å². The van der Waals surface area contributed by atoms with Crippen LogP contribution in [0.1, 0.15) is 0 Å². The van der Waals surface area contributed by atoms with E-state index in [0.717, 1.165) is 0 Å². The van der Waals surface area contributed by atoms with Crippen LogP contribution in [0.2, 0.25) is 0 Å². The Morgan fingerprint density at radius 3 is 1.83 bits per heavy atom. The summed E-state index contributed by atoms with van der Waals surface area (Å²) in [5.41, 5.74) is 0. The molecule has 0 aromatic heterocycles. The summed E-state index contributed by atoms with van der Waals surface area (Å²) in [7, 11) is -4.25. The van der Waals surface area contributed by atoms with E-state index in [1.165, 1.54) is 76.2 Å². The van der Waals surface area contributed by atoms with E-state index in [-0.39, 0.29) is 4.90 Å². The molecule has 0 spiro atoms. The molecular weight excluding hydrogens is 232 g/mol. The third-order valence-electron chi connectivity index (χ3n) is 1.03. The van der Waals surface area contributed by atoms with Crippen LogP contribution in [0.5, 0.6) is 0 Å². The molecule has 0 amide bonds. The van der Waals surface area contributed by atoms with Crippen molar-refractivity contribution in [1.82, 2.24) is 0 Å². The van der Waals surface area contributed by atoms with E-state index in [0.29, 0.717) is 0 Å². The van der Waals surface area contributed by atoms with Crippen LogP contribution < -0.4 is 0 Å². The van der Waals surface area contributed by atoms with Crippen LogP contribution >= 0.6 is 0 Å². The van der Waals surface area contributed by atoms with Gasteiger partial charge in [-0.3, -0.25) is 0 Å². The van der Waals surface area contributed by atoms with E-state index in [9.17, 15) is 13.0 Å². The molecule has 6 heteroatoms. The number of benzene rings is 1. The Morgan fingerprint density at radius 1 is 1.17 bits per heavy atom. The van der Waals surface area contributed by atoms with Crippen molar-refractivity contribution >= 4 is 62.0 Å². The fraction of sp³-hybridized carbons (Fsp3) is 0. The first kappa shape index (κ1) is 13.6. The molecule has 0 fully saturated rings. The molecule has 0 saturated carbocycles. The Kier molecular flexibility index (Phi) is 7.97. The Labute approximate surface area is 108 Å². The van der Waals surface area contributed by atoms with Crippen molar-refractivity contribution in [3.8, 4) is 0 Å². The molecule has 0 bridgehead atoms. The molecule has 1 aromatic rings. The summed E-state index contributed by atoms with van der Waals surface area (Å²) < 4.78 is 30.8. The first-order valence-electron chi connectivity index (χ1n) is 3.11. The second-order valence-electron chi connectivity index (χ2n) is 1.77. The van der Waals surface area contributed by atoms with Crippen LogP contribution in [0.3, 0.4) is 0 Å². The fourth-order valence-electron chi connectivity index (χ4n) is 0.587. The Balaban J connectivity index is 0.000000561. The van der Waals surface area contributed by atoms with Crippen molar-refractivity contribution in [2.45, 2.75) is 4.90 Å². The number of hydrogen-bond acceptors (Lipinski definition) is 3. The second-order valence-corrected chi connectivity index (χ2v) is 3.15. The van der Waals surface area contributed by atoms with Gasteiger partial charge in [0.25, 0.3) is 0 Å².